The van der Waals surface area contributed by atoms with E-state index in [4.69, 9.17) is 27.9 Å². The molecule has 1 aliphatic rings. The van der Waals surface area contributed by atoms with Gasteiger partial charge in [0, 0.05) is 6.04 Å². The quantitative estimate of drug-likeness (QED) is 0.411. The summed E-state index contributed by atoms with van der Waals surface area (Å²) in [6.07, 6.45) is 3.73. The lowest BCUT2D eigenvalue weighted by atomic mass is 10.0. The number of rotatable bonds is 7. The van der Waals surface area contributed by atoms with Crippen molar-refractivity contribution in [3.8, 4) is 5.75 Å². The number of aromatic nitrogens is 1. The first-order valence-electron chi connectivity index (χ1n) is 10.7. The second-order valence-corrected chi connectivity index (χ2v) is 9.66. The molecule has 6 nitrogen and oxygen atoms in total. The normalized spacial score (nSPS) is 14.6. The van der Waals surface area contributed by atoms with Crippen molar-refractivity contribution in [2.75, 3.05) is 12.0 Å². The lowest BCUT2D eigenvalue weighted by Crippen LogP contribution is -2.46. The maximum Gasteiger partial charge on any atom is 0.280 e. The van der Waals surface area contributed by atoms with Crippen LogP contribution in [0.4, 0.5) is 10.1 Å². The topological polar surface area (TPSA) is 71.5 Å². The molecule has 0 bridgehead atoms. The van der Waals surface area contributed by atoms with Gasteiger partial charge in [0.2, 0.25) is 5.91 Å². The van der Waals surface area contributed by atoms with Crippen LogP contribution in [0.2, 0.25) is 9.36 Å². The van der Waals surface area contributed by atoms with Crippen LogP contribution >= 0.6 is 34.7 Å². The Morgan fingerprint density at radius 2 is 1.82 bits per heavy atom. The van der Waals surface area contributed by atoms with E-state index in [1.807, 2.05) is 0 Å². The number of amides is 2. The van der Waals surface area contributed by atoms with Crippen LogP contribution in [0.3, 0.4) is 0 Å². The van der Waals surface area contributed by atoms with E-state index in [0.717, 1.165) is 42.1 Å². The molecule has 178 valence electrons. The summed E-state index contributed by atoms with van der Waals surface area (Å²) in [7, 11) is 1.53. The first-order valence-corrected chi connectivity index (χ1v) is 12.3. The number of ether oxygens (including phenoxy) is 1. The summed E-state index contributed by atoms with van der Waals surface area (Å²) in [4.78, 5) is 28.5. The molecular formula is C24H22Cl2FN3O3S. The highest BCUT2D eigenvalue weighted by Crippen LogP contribution is 2.36. The Labute approximate surface area is 210 Å². The maximum absolute atomic E-state index is 15.1. The lowest BCUT2D eigenvalue weighted by molar-refractivity contribution is -0.123. The molecule has 0 unspecified atom stereocenters. The molecule has 2 aromatic carbocycles. The van der Waals surface area contributed by atoms with E-state index in [2.05, 4.69) is 9.69 Å². The molecule has 1 heterocycles. The van der Waals surface area contributed by atoms with E-state index < -0.39 is 23.7 Å². The van der Waals surface area contributed by atoms with Gasteiger partial charge in [-0.15, -0.1) is 0 Å². The second kappa shape index (κ2) is 10.7. The molecule has 34 heavy (non-hydrogen) atoms. The van der Waals surface area contributed by atoms with Gasteiger partial charge in [-0.2, -0.15) is 4.37 Å². The van der Waals surface area contributed by atoms with Crippen LogP contribution < -0.4 is 15.0 Å². The van der Waals surface area contributed by atoms with Gasteiger partial charge in [-0.05, 0) is 54.2 Å². The Morgan fingerprint density at radius 1 is 1.15 bits per heavy atom. The molecule has 3 aromatic rings. The number of methoxy groups -OCH3 is 1. The van der Waals surface area contributed by atoms with Gasteiger partial charge >= 0.3 is 0 Å². The Hall–Kier alpha value is -2.68. The number of hydrogen-bond acceptors (Lipinski definition) is 5. The summed E-state index contributed by atoms with van der Waals surface area (Å²) in [5.41, 5.74) is 0.257. The summed E-state index contributed by atoms with van der Waals surface area (Å²) in [6.45, 7) is 0. The lowest BCUT2D eigenvalue weighted by Gasteiger charge is -2.32. The zero-order valence-corrected chi connectivity index (χ0v) is 20.6. The van der Waals surface area contributed by atoms with Crippen LogP contribution in [0.5, 0.6) is 5.75 Å². The zero-order chi connectivity index (χ0) is 24.2. The molecule has 2 amide bonds. The van der Waals surface area contributed by atoms with Crippen LogP contribution in [0.15, 0.2) is 48.5 Å². The zero-order valence-electron chi connectivity index (χ0n) is 18.3. The molecule has 0 spiro atoms. The molecule has 1 aromatic heterocycles. The molecule has 0 saturated heterocycles. The number of hydrogen-bond donors (Lipinski definition) is 1. The van der Waals surface area contributed by atoms with Gasteiger partial charge in [-0.25, -0.2) is 4.39 Å². The van der Waals surface area contributed by atoms with Crippen LogP contribution in [0.1, 0.15) is 47.8 Å². The van der Waals surface area contributed by atoms with Crippen LogP contribution in [0.25, 0.3) is 0 Å². The van der Waals surface area contributed by atoms with E-state index >= 15 is 4.39 Å². The largest absolute Gasteiger partial charge is 0.497 e. The van der Waals surface area contributed by atoms with Gasteiger partial charge in [0.25, 0.3) is 5.91 Å². The summed E-state index contributed by atoms with van der Waals surface area (Å²) in [5, 5.41) is 3.00. The Balaban J connectivity index is 1.85. The molecule has 4 rings (SSSR count). The van der Waals surface area contributed by atoms with E-state index in [1.54, 1.807) is 30.3 Å². The van der Waals surface area contributed by atoms with Gasteiger partial charge in [-0.3, -0.25) is 14.5 Å². The van der Waals surface area contributed by atoms with Crippen molar-refractivity contribution in [2.45, 2.75) is 37.8 Å². The van der Waals surface area contributed by atoms with Crippen molar-refractivity contribution in [1.82, 2.24) is 9.69 Å². The smallest absolute Gasteiger partial charge is 0.280 e. The summed E-state index contributed by atoms with van der Waals surface area (Å²) >= 11 is 13.1. The van der Waals surface area contributed by atoms with Crippen molar-refractivity contribution in [1.29, 1.82) is 0 Å². The van der Waals surface area contributed by atoms with Gasteiger partial charge in [-0.1, -0.05) is 60.3 Å². The molecule has 1 atom stereocenters. The standard InChI is InChI=1S/C24H22Cl2FN3O3S/c1-33-16-12-10-14(11-13-16)21(23(31)28-15-6-2-3-7-15)30(18-9-5-4-8-17(18)27)24(32)20-19(25)22(26)34-29-20/h4-5,8-13,15,21H,2-3,6-7H2,1H3,(H,28,31)/t21-/m1/s1. The fourth-order valence-corrected chi connectivity index (χ4v) is 5.06. The van der Waals surface area contributed by atoms with Crippen molar-refractivity contribution in [3.63, 3.8) is 0 Å². The fraction of sp³-hybridized carbons (Fsp3) is 0.292. The van der Waals surface area contributed by atoms with Crippen molar-refractivity contribution < 1.29 is 18.7 Å². The van der Waals surface area contributed by atoms with Crippen LogP contribution in [0, 0.1) is 5.82 Å². The first-order chi connectivity index (χ1) is 16.4. The number of halogens is 3. The third kappa shape index (κ3) is 5.04. The fourth-order valence-electron chi connectivity index (χ4n) is 4.07. The summed E-state index contributed by atoms with van der Waals surface area (Å²) < 4.78 is 24.5. The Morgan fingerprint density at radius 3 is 2.41 bits per heavy atom. The molecule has 10 heteroatoms. The number of anilines is 1. The highest BCUT2D eigenvalue weighted by molar-refractivity contribution is 7.11. The van der Waals surface area contributed by atoms with Gasteiger partial charge < -0.3 is 10.1 Å². The Kier molecular flexibility index (Phi) is 7.70. The van der Waals surface area contributed by atoms with Gasteiger partial charge in [0.15, 0.2) is 5.69 Å². The highest BCUT2D eigenvalue weighted by atomic mass is 35.5. The molecule has 1 saturated carbocycles. The number of nitrogens with one attached hydrogen (secondary N) is 1. The molecule has 1 fully saturated rings. The van der Waals surface area contributed by atoms with Gasteiger partial charge in [0.1, 0.15) is 27.0 Å². The van der Waals surface area contributed by atoms with Crippen molar-refractivity contribution >= 4 is 52.2 Å². The first kappa shape index (κ1) is 24.4. The van der Waals surface area contributed by atoms with E-state index in [9.17, 15) is 9.59 Å². The van der Waals surface area contributed by atoms with E-state index in [0.29, 0.717) is 11.3 Å². The monoisotopic (exact) mass is 521 g/mol. The average molecular weight is 522 g/mol. The van der Waals surface area contributed by atoms with Crippen molar-refractivity contribution in [3.05, 3.63) is 75.0 Å². The molecular weight excluding hydrogens is 500 g/mol. The predicted molar refractivity (Wildman–Crippen MR) is 131 cm³/mol. The number of nitrogens with zero attached hydrogens (tertiary/aromatic N) is 2. The summed E-state index contributed by atoms with van der Waals surface area (Å²) in [5.74, 6) is -1.25. The minimum absolute atomic E-state index is 0.0110. The van der Waals surface area contributed by atoms with Crippen molar-refractivity contribution in [2.24, 2.45) is 0 Å². The molecule has 0 aliphatic heterocycles. The average Bonchev–Trinajstić information content (AvgIpc) is 3.47. The van der Waals surface area contributed by atoms with E-state index in [1.165, 1.54) is 25.3 Å². The SMILES string of the molecule is COc1ccc([C@H](C(=O)NC2CCCC2)N(C(=O)c2nsc(Cl)c2Cl)c2ccccc2F)cc1. The third-order valence-electron chi connectivity index (χ3n) is 5.77. The minimum Gasteiger partial charge on any atom is -0.497 e. The maximum atomic E-state index is 15.1. The predicted octanol–water partition coefficient (Wildman–Crippen LogP) is 6.04. The van der Waals surface area contributed by atoms with Crippen LogP contribution in [-0.2, 0) is 4.79 Å². The highest BCUT2D eigenvalue weighted by Gasteiger charge is 2.38. The molecule has 1 aliphatic carbocycles. The number of para-hydroxylation sites is 1. The van der Waals surface area contributed by atoms with Crippen LogP contribution in [-0.4, -0.2) is 29.3 Å². The van der Waals surface area contributed by atoms with E-state index in [-0.39, 0.29) is 26.8 Å². The third-order valence-corrected chi connectivity index (χ3v) is 7.38. The molecule has 1 N–H and O–H groups in total. The number of carbonyl (C=O) groups excluding carboxylic acids is 2. The minimum atomic E-state index is -1.19. The summed E-state index contributed by atoms with van der Waals surface area (Å²) in [6, 6.07) is 11.3. The number of carbonyl (C=O) groups is 2. The second-order valence-electron chi connectivity index (χ2n) is 7.91. The van der Waals surface area contributed by atoms with Gasteiger partial charge in [0.05, 0.1) is 12.8 Å². The Bertz CT molecular complexity index is 1180. The molecule has 0 radical (unpaired) electrons. The number of benzene rings is 2.